The number of amides is 2. The van der Waals surface area contributed by atoms with Gasteiger partial charge in [-0.2, -0.15) is 0 Å². The molecule has 0 aliphatic carbocycles. The summed E-state index contributed by atoms with van der Waals surface area (Å²) in [5.41, 5.74) is 3.07. The molecule has 2 N–H and O–H groups in total. The zero-order valence-corrected chi connectivity index (χ0v) is 14.4. The molecule has 0 radical (unpaired) electrons. The standard InChI is InChI=1S/C20H20N2O4/c1-13(23)22-10-9-15-11-16(7-8-18(15)22)21-19(24)12-17(20(25)26)14-5-3-2-4-6-14/h2-8,11,17H,9-10,12H2,1H3,(H,21,24)(H,25,26). The van der Waals surface area contributed by atoms with Crippen molar-refractivity contribution in [2.75, 3.05) is 16.8 Å². The molecule has 1 atom stereocenters. The molecular formula is C20H20N2O4. The topological polar surface area (TPSA) is 86.7 Å². The third-order valence-electron chi connectivity index (χ3n) is 4.53. The predicted octanol–water partition coefficient (Wildman–Crippen LogP) is 2.79. The summed E-state index contributed by atoms with van der Waals surface area (Å²) in [5.74, 6) is -2.29. The molecule has 2 aromatic rings. The maximum atomic E-state index is 12.3. The molecule has 0 saturated carbocycles. The van der Waals surface area contributed by atoms with Crippen LogP contribution in [0.2, 0.25) is 0 Å². The predicted molar refractivity (Wildman–Crippen MR) is 98.2 cm³/mol. The lowest BCUT2D eigenvalue weighted by atomic mass is 9.95. The first-order valence-corrected chi connectivity index (χ1v) is 8.44. The fourth-order valence-electron chi connectivity index (χ4n) is 3.24. The summed E-state index contributed by atoms with van der Waals surface area (Å²) in [6, 6.07) is 14.1. The first kappa shape index (κ1) is 17.7. The van der Waals surface area contributed by atoms with Gasteiger partial charge in [0.05, 0.1) is 5.92 Å². The Labute approximate surface area is 151 Å². The summed E-state index contributed by atoms with van der Waals surface area (Å²) in [6.07, 6.45) is 0.594. The smallest absolute Gasteiger partial charge is 0.311 e. The zero-order chi connectivity index (χ0) is 18.7. The molecule has 1 aliphatic heterocycles. The lowest BCUT2D eigenvalue weighted by molar-refractivity contribution is -0.140. The van der Waals surface area contributed by atoms with Gasteiger partial charge in [0.25, 0.3) is 0 Å². The molecular weight excluding hydrogens is 332 g/mol. The zero-order valence-electron chi connectivity index (χ0n) is 14.4. The summed E-state index contributed by atoms with van der Waals surface area (Å²) >= 11 is 0. The Balaban J connectivity index is 1.70. The fraction of sp³-hybridized carbons (Fsp3) is 0.250. The molecule has 3 rings (SSSR count). The van der Waals surface area contributed by atoms with Crippen molar-refractivity contribution in [2.45, 2.75) is 25.7 Å². The van der Waals surface area contributed by atoms with E-state index >= 15 is 0 Å². The lowest BCUT2D eigenvalue weighted by Gasteiger charge is -2.16. The fourth-order valence-corrected chi connectivity index (χ4v) is 3.24. The van der Waals surface area contributed by atoms with Crippen LogP contribution in [0.3, 0.4) is 0 Å². The number of anilines is 2. The van der Waals surface area contributed by atoms with E-state index in [1.165, 1.54) is 6.92 Å². The minimum absolute atomic E-state index is 0.00676. The second-order valence-corrected chi connectivity index (χ2v) is 6.32. The van der Waals surface area contributed by atoms with Crippen molar-refractivity contribution in [3.05, 3.63) is 59.7 Å². The van der Waals surface area contributed by atoms with Gasteiger partial charge < -0.3 is 15.3 Å². The number of benzene rings is 2. The molecule has 0 fully saturated rings. The SMILES string of the molecule is CC(=O)N1CCc2cc(NC(=O)CC(C(=O)O)c3ccccc3)ccc21. The van der Waals surface area contributed by atoms with Gasteiger partial charge in [0.2, 0.25) is 11.8 Å². The highest BCUT2D eigenvalue weighted by atomic mass is 16.4. The second-order valence-electron chi connectivity index (χ2n) is 6.32. The van der Waals surface area contributed by atoms with Crippen LogP contribution in [-0.2, 0) is 20.8 Å². The Kier molecular flexibility index (Phi) is 5.02. The molecule has 0 saturated heterocycles. The number of carbonyl (C=O) groups excluding carboxylic acids is 2. The summed E-state index contributed by atoms with van der Waals surface area (Å²) in [4.78, 5) is 37.2. The van der Waals surface area contributed by atoms with Crippen LogP contribution in [0.5, 0.6) is 0 Å². The van der Waals surface area contributed by atoms with Crippen LogP contribution in [-0.4, -0.2) is 29.4 Å². The van der Waals surface area contributed by atoms with Gasteiger partial charge in [-0.25, -0.2) is 0 Å². The first-order valence-electron chi connectivity index (χ1n) is 8.44. The number of rotatable bonds is 5. The molecule has 1 heterocycles. The molecule has 0 aromatic heterocycles. The highest BCUT2D eigenvalue weighted by Crippen LogP contribution is 2.30. The number of carboxylic acid groups (broad SMARTS) is 1. The summed E-state index contributed by atoms with van der Waals surface area (Å²) in [5, 5.41) is 12.2. The molecule has 2 amide bonds. The van der Waals surface area contributed by atoms with Gasteiger partial charge in [0.15, 0.2) is 0 Å². The molecule has 1 aliphatic rings. The average Bonchev–Trinajstić information content (AvgIpc) is 3.03. The quantitative estimate of drug-likeness (QED) is 0.866. The second kappa shape index (κ2) is 7.39. The van der Waals surface area contributed by atoms with E-state index in [1.807, 2.05) is 12.1 Å². The molecule has 1 unspecified atom stereocenters. The van der Waals surface area contributed by atoms with Crippen LogP contribution in [0.15, 0.2) is 48.5 Å². The molecule has 0 bridgehead atoms. The Morgan fingerprint density at radius 2 is 1.88 bits per heavy atom. The number of nitrogens with zero attached hydrogens (tertiary/aromatic N) is 1. The molecule has 6 heteroatoms. The van der Waals surface area contributed by atoms with Crippen molar-refractivity contribution in [3.8, 4) is 0 Å². The van der Waals surface area contributed by atoms with Crippen molar-refractivity contribution in [1.29, 1.82) is 0 Å². The highest BCUT2D eigenvalue weighted by Gasteiger charge is 2.25. The normalized spacial score (nSPS) is 13.8. The van der Waals surface area contributed by atoms with Gasteiger partial charge in [-0.05, 0) is 35.7 Å². The molecule has 6 nitrogen and oxygen atoms in total. The van der Waals surface area contributed by atoms with Crippen molar-refractivity contribution < 1.29 is 19.5 Å². The number of hydrogen-bond acceptors (Lipinski definition) is 3. The highest BCUT2D eigenvalue weighted by molar-refractivity contribution is 5.97. The Morgan fingerprint density at radius 3 is 2.54 bits per heavy atom. The molecule has 134 valence electrons. The average molecular weight is 352 g/mol. The van der Waals surface area contributed by atoms with E-state index in [9.17, 15) is 19.5 Å². The van der Waals surface area contributed by atoms with E-state index in [4.69, 9.17) is 0 Å². The van der Waals surface area contributed by atoms with Gasteiger partial charge in [0.1, 0.15) is 0 Å². The van der Waals surface area contributed by atoms with Crippen molar-refractivity contribution >= 4 is 29.2 Å². The minimum Gasteiger partial charge on any atom is -0.481 e. The van der Waals surface area contributed by atoms with E-state index in [-0.39, 0.29) is 18.2 Å². The number of fused-ring (bicyclic) bond motifs is 1. The number of carbonyl (C=O) groups is 3. The maximum absolute atomic E-state index is 12.3. The van der Waals surface area contributed by atoms with Gasteiger partial charge in [-0.3, -0.25) is 14.4 Å². The third-order valence-corrected chi connectivity index (χ3v) is 4.53. The van der Waals surface area contributed by atoms with Crippen LogP contribution >= 0.6 is 0 Å². The number of hydrogen-bond donors (Lipinski definition) is 2. The van der Waals surface area contributed by atoms with Crippen LogP contribution < -0.4 is 10.2 Å². The van der Waals surface area contributed by atoms with E-state index in [0.29, 0.717) is 17.8 Å². The Hall–Kier alpha value is -3.15. The van der Waals surface area contributed by atoms with E-state index in [1.54, 1.807) is 41.3 Å². The van der Waals surface area contributed by atoms with Crippen LogP contribution in [0.25, 0.3) is 0 Å². The van der Waals surface area contributed by atoms with E-state index in [0.717, 1.165) is 17.7 Å². The summed E-state index contributed by atoms with van der Waals surface area (Å²) in [6.45, 7) is 2.16. The monoisotopic (exact) mass is 352 g/mol. The van der Waals surface area contributed by atoms with Crippen molar-refractivity contribution in [2.24, 2.45) is 0 Å². The lowest BCUT2D eigenvalue weighted by Crippen LogP contribution is -2.25. The summed E-state index contributed by atoms with van der Waals surface area (Å²) < 4.78 is 0. The largest absolute Gasteiger partial charge is 0.481 e. The Morgan fingerprint density at radius 1 is 1.15 bits per heavy atom. The van der Waals surface area contributed by atoms with Gasteiger partial charge in [-0.1, -0.05) is 30.3 Å². The van der Waals surface area contributed by atoms with Crippen molar-refractivity contribution in [3.63, 3.8) is 0 Å². The maximum Gasteiger partial charge on any atom is 0.311 e. The molecule has 26 heavy (non-hydrogen) atoms. The first-order chi connectivity index (χ1) is 12.5. The third kappa shape index (κ3) is 3.74. The number of aliphatic carboxylic acids is 1. The van der Waals surface area contributed by atoms with Gasteiger partial charge >= 0.3 is 5.97 Å². The van der Waals surface area contributed by atoms with Crippen LogP contribution in [0.4, 0.5) is 11.4 Å². The number of carboxylic acids is 1. The Bertz CT molecular complexity index is 848. The molecule has 2 aromatic carbocycles. The van der Waals surface area contributed by atoms with E-state index in [2.05, 4.69) is 5.32 Å². The van der Waals surface area contributed by atoms with Crippen LogP contribution in [0.1, 0.15) is 30.4 Å². The number of nitrogens with one attached hydrogen (secondary N) is 1. The minimum atomic E-state index is -1.03. The van der Waals surface area contributed by atoms with Gasteiger partial charge in [-0.15, -0.1) is 0 Å². The summed E-state index contributed by atoms with van der Waals surface area (Å²) in [7, 11) is 0. The van der Waals surface area contributed by atoms with Crippen molar-refractivity contribution in [1.82, 2.24) is 0 Å². The molecule has 0 spiro atoms. The van der Waals surface area contributed by atoms with E-state index < -0.39 is 11.9 Å². The van der Waals surface area contributed by atoms with Crippen LogP contribution in [0, 0.1) is 0 Å². The van der Waals surface area contributed by atoms with Gasteiger partial charge in [0, 0.05) is 31.3 Å².